The second-order valence-electron chi connectivity index (χ2n) is 3.09. The number of rotatable bonds is 0. The van der Waals surface area contributed by atoms with Gasteiger partial charge in [0.05, 0.1) is 6.10 Å². The smallest absolute Gasteiger partial charge is 0.129 e. The first-order chi connectivity index (χ1) is 6.11. The van der Waals surface area contributed by atoms with Gasteiger partial charge in [0.1, 0.15) is 11.6 Å². The van der Waals surface area contributed by atoms with Crippen LogP contribution in [0.3, 0.4) is 0 Å². The number of aliphatic hydroxyl groups excluding tert-OH is 1. The predicted octanol–water partition coefficient (Wildman–Crippen LogP) is 2.32. The van der Waals surface area contributed by atoms with E-state index in [2.05, 4.69) is 15.9 Å². The molecule has 1 aromatic carbocycles. The van der Waals surface area contributed by atoms with Crippen molar-refractivity contribution in [2.45, 2.75) is 17.4 Å². The standard InChI is InChI=1S/C9H7BrF2O/c10-5-3-4-6(11)1-2-7(12)8(4)9(5)13/h1-2,5,9,13H,3H2. The Balaban J connectivity index is 2.61. The van der Waals surface area contributed by atoms with E-state index in [0.29, 0.717) is 6.42 Å². The molecule has 0 aliphatic heterocycles. The van der Waals surface area contributed by atoms with Crippen LogP contribution in [0.15, 0.2) is 12.1 Å². The molecule has 2 atom stereocenters. The summed E-state index contributed by atoms with van der Waals surface area (Å²) in [6.45, 7) is 0. The van der Waals surface area contributed by atoms with Gasteiger partial charge in [0.2, 0.25) is 0 Å². The number of fused-ring (bicyclic) bond motifs is 1. The maximum absolute atomic E-state index is 13.1. The van der Waals surface area contributed by atoms with E-state index in [1.165, 1.54) is 0 Å². The quantitative estimate of drug-likeness (QED) is 0.699. The summed E-state index contributed by atoms with van der Waals surface area (Å²) >= 11 is 3.17. The van der Waals surface area contributed by atoms with E-state index in [4.69, 9.17) is 0 Å². The molecule has 4 heteroatoms. The van der Waals surface area contributed by atoms with Crippen LogP contribution in [0, 0.1) is 11.6 Å². The maximum atomic E-state index is 13.1. The van der Waals surface area contributed by atoms with Crippen molar-refractivity contribution in [3.63, 3.8) is 0 Å². The minimum absolute atomic E-state index is 0.0990. The number of benzene rings is 1. The molecule has 2 rings (SSSR count). The van der Waals surface area contributed by atoms with E-state index in [1.54, 1.807) is 0 Å². The third-order valence-electron chi connectivity index (χ3n) is 2.28. The zero-order valence-electron chi connectivity index (χ0n) is 6.60. The Hall–Kier alpha value is -0.480. The van der Waals surface area contributed by atoms with Crippen molar-refractivity contribution in [1.29, 1.82) is 0 Å². The lowest BCUT2D eigenvalue weighted by molar-refractivity contribution is 0.183. The van der Waals surface area contributed by atoms with Gasteiger partial charge in [-0.1, -0.05) is 15.9 Å². The number of aliphatic hydroxyl groups is 1. The van der Waals surface area contributed by atoms with Crippen LogP contribution in [0.4, 0.5) is 8.78 Å². The normalized spacial score (nSPS) is 26.2. The van der Waals surface area contributed by atoms with Gasteiger partial charge in [0.15, 0.2) is 0 Å². The van der Waals surface area contributed by atoms with Gasteiger partial charge in [-0.3, -0.25) is 0 Å². The zero-order valence-corrected chi connectivity index (χ0v) is 8.18. The summed E-state index contributed by atoms with van der Waals surface area (Å²) in [5.74, 6) is -0.983. The van der Waals surface area contributed by atoms with Crippen LogP contribution in [-0.2, 0) is 6.42 Å². The van der Waals surface area contributed by atoms with Crippen LogP contribution in [0.5, 0.6) is 0 Å². The SMILES string of the molecule is OC1c2c(F)ccc(F)c2CC1Br. The summed E-state index contributed by atoms with van der Waals surface area (Å²) < 4.78 is 26.3. The van der Waals surface area contributed by atoms with E-state index in [1.807, 2.05) is 0 Å². The third-order valence-corrected chi connectivity index (χ3v) is 3.11. The number of hydrogen-bond donors (Lipinski definition) is 1. The molecule has 0 fully saturated rings. The zero-order chi connectivity index (χ0) is 9.59. The highest BCUT2D eigenvalue weighted by Gasteiger charge is 2.33. The molecule has 1 N–H and O–H groups in total. The van der Waals surface area contributed by atoms with Gasteiger partial charge in [-0.2, -0.15) is 0 Å². The van der Waals surface area contributed by atoms with Crippen molar-refractivity contribution in [3.05, 3.63) is 34.9 Å². The Morgan fingerprint density at radius 2 is 1.92 bits per heavy atom. The van der Waals surface area contributed by atoms with Gasteiger partial charge in [0, 0.05) is 10.4 Å². The van der Waals surface area contributed by atoms with Crippen molar-refractivity contribution in [2.75, 3.05) is 0 Å². The van der Waals surface area contributed by atoms with Crippen LogP contribution in [0.1, 0.15) is 17.2 Å². The van der Waals surface area contributed by atoms with E-state index in [0.717, 1.165) is 12.1 Å². The van der Waals surface area contributed by atoms with Crippen molar-refractivity contribution < 1.29 is 13.9 Å². The van der Waals surface area contributed by atoms with E-state index in [-0.39, 0.29) is 16.0 Å². The van der Waals surface area contributed by atoms with Crippen LogP contribution in [0.25, 0.3) is 0 Å². The van der Waals surface area contributed by atoms with Crippen LogP contribution in [-0.4, -0.2) is 9.93 Å². The predicted molar refractivity (Wildman–Crippen MR) is 47.7 cm³/mol. The molecule has 70 valence electrons. The molecule has 1 nitrogen and oxygen atoms in total. The molecule has 1 aromatic rings. The average molecular weight is 249 g/mol. The van der Waals surface area contributed by atoms with Gasteiger partial charge in [0.25, 0.3) is 0 Å². The molecule has 13 heavy (non-hydrogen) atoms. The van der Waals surface area contributed by atoms with E-state index < -0.39 is 17.7 Å². The Morgan fingerprint density at radius 3 is 2.54 bits per heavy atom. The first-order valence-corrected chi connectivity index (χ1v) is 4.81. The molecule has 0 radical (unpaired) electrons. The number of halogens is 3. The topological polar surface area (TPSA) is 20.2 Å². The summed E-state index contributed by atoms with van der Waals surface area (Å²) in [7, 11) is 0. The third kappa shape index (κ3) is 1.28. The minimum atomic E-state index is -0.939. The Labute approximate surface area is 82.5 Å². The largest absolute Gasteiger partial charge is 0.387 e. The lowest BCUT2D eigenvalue weighted by atomic mass is 10.1. The molecule has 0 heterocycles. The summed E-state index contributed by atoms with van der Waals surface area (Å²) in [5.41, 5.74) is 0.385. The molecular weight excluding hydrogens is 242 g/mol. The average Bonchev–Trinajstić information content (AvgIpc) is 2.38. The van der Waals surface area contributed by atoms with Gasteiger partial charge in [-0.25, -0.2) is 8.78 Å². The molecule has 0 saturated carbocycles. The number of alkyl halides is 1. The summed E-state index contributed by atoms with van der Waals surface area (Å²) in [6, 6.07) is 2.13. The number of hydrogen-bond acceptors (Lipinski definition) is 1. The molecule has 1 aliphatic carbocycles. The first kappa shape index (κ1) is 9.09. The molecule has 1 aliphatic rings. The minimum Gasteiger partial charge on any atom is -0.387 e. The van der Waals surface area contributed by atoms with Crippen LogP contribution < -0.4 is 0 Å². The Morgan fingerprint density at radius 1 is 1.31 bits per heavy atom. The van der Waals surface area contributed by atoms with Gasteiger partial charge < -0.3 is 5.11 Å². The highest BCUT2D eigenvalue weighted by molar-refractivity contribution is 9.09. The van der Waals surface area contributed by atoms with Crippen LogP contribution in [0.2, 0.25) is 0 Å². The fourth-order valence-corrected chi connectivity index (χ4v) is 2.21. The van der Waals surface area contributed by atoms with E-state index >= 15 is 0 Å². The Bertz CT molecular complexity index is 354. The second-order valence-corrected chi connectivity index (χ2v) is 4.26. The molecule has 0 amide bonds. The monoisotopic (exact) mass is 248 g/mol. The first-order valence-electron chi connectivity index (χ1n) is 3.90. The van der Waals surface area contributed by atoms with Crippen molar-refractivity contribution in [2.24, 2.45) is 0 Å². The second kappa shape index (κ2) is 3.03. The molecule has 2 unspecified atom stereocenters. The van der Waals surface area contributed by atoms with Gasteiger partial charge in [-0.15, -0.1) is 0 Å². The van der Waals surface area contributed by atoms with Crippen molar-refractivity contribution in [1.82, 2.24) is 0 Å². The van der Waals surface area contributed by atoms with E-state index in [9.17, 15) is 13.9 Å². The molecule has 0 spiro atoms. The van der Waals surface area contributed by atoms with Crippen molar-refractivity contribution >= 4 is 15.9 Å². The lowest BCUT2D eigenvalue weighted by Gasteiger charge is -2.07. The maximum Gasteiger partial charge on any atom is 0.129 e. The van der Waals surface area contributed by atoms with Gasteiger partial charge in [-0.05, 0) is 24.1 Å². The fourth-order valence-electron chi connectivity index (χ4n) is 1.62. The van der Waals surface area contributed by atoms with Crippen molar-refractivity contribution in [3.8, 4) is 0 Å². The Kier molecular flexibility index (Phi) is 2.12. The summed E-state index contributed by atoms with van der Waals surface area (Å²) in [5, 5.41) is 9.50. The molecular formula is C9H7BrF2O. The highest BCUT2D eigenvalue weighted by Crippen LogP contribution is 2.38. The fraction of sp³-hybridized carbons (Fsp3) is 0.333. The lowest BCUT2D eigenvalue weighted by Crippen LogP contribution is -2.05. The van der Waals surface area contributed by atoms with Crippen LogP contribution >= 0.6 is 15.9 Å². The van der Waals surface area contributed by atoms with Gasteiger partial charge >= 0.3 is 0 Å². The molecule has 0 saturated heterocycles. The highest BCUT2D eigenvalue weighted by atomic mass is 79.9. The molecule has 0 bridgehead atoms. The summed E-state index contributed by atoms with van der Waals surface area (Å²) in [6.07, 6.45) is -0.606. The summed E-state index contributed by atoms with van der Waals surface area (Å²) in [4.78, 5) is -0.283. The molecule has 0 aromatic heterocycles.